The van der Waals surface area contributed by atoms with E-state index in [1.54, 1.807) is 11.8 Å². The van der Waals surface area contributed by atoms with Crippen LogP contribution in [0, 0.1) is 6.92 Å². The van der Waals surface area contributed by atoms with Crippen molar-refractivity contribution in [3.8, 4) is 5.75 Å². The Kier molecular flexibility index (Phi) is 5.93. The molecule has 0 amide bonds. The van der Waals surface area contributed by atoms with Crippen molar-refractivity contribution in [1.29, 1.82) is 0 Å². The van der Waals surface area contributed by atoms with Gasteiger partial charge >= 0.3 is 0 Å². The summed E-state index contributed by atoms with van der Waals surface area (Å²) < 4.78 is 8.94. The topological polar surface area (TPSA) is 39.9 Å². The number of nitrogens with zero attached hydrogens (tertiary/aromatic N) is 3. The minimum Gasteiger partial charge on any atom is -0.493 e. The highest BCUT2D eigenvalue weighted by Crippen LogP contribution is 2.20. The number of thioether (sulfide) groups is 1. The third-order valence-corrected chi connectivity index (χ3v) is 4.94. The number of hydrogen-bond donors (Lipinski definition) is 0. The Balaban J connectivity index is 1.55. The monoisotopic (exact) mass is 403 g/mol. The standard InChI is InChI=1S/C18H18BrN3OS/c1-14-20-21-18(22(14)13-15-5-3-2-4-6-15)24-12-11-23-17-9-7-16(19)8-10-17/h2-10H,11-13H2,1H3. The van der Waals surface area contributed by atoms with Crippen molar-refractivity contribution in [3.63, 3.8) is 0 Å². The fraction of sp³-hybridized carbons (Fsp3) is 0.222. The van der Waals surface area contributed by atoms with Crippen LogP contribution in [0.2, 0.25) is 0 Å². The van der Waals surface area contributed by atoms with Gasteiger partial charge in [0.25, 0.3) is 0 Å². The normalized spacial score (nSPS) is 10.8. The summed E-state index contributed by atoms with van der Waals surface area (Å²) in [4.78, 5) is 0. The summed E-state index contributed by atoms with van der Waals surface area (Å²) in [5.41, 5.74) is 1.24. The summed E-state index contributed by atoms with van der Waals surface area (Å²) >= 11 is 5.08. The molecular weight excluding hydrogens is 386 g/mol. The van der Waals surface area contributed by atoms with Gasteiger partial charge in [-0.1, -0.05) is 58.0 Å². The van der Waals surface area contributed by atoms with E-state index in [-0.39, 0.29) is 0 Å². The SMILES string of the molecule is Cc1nnc(SCCOc2ccc(Br)cc2)n1Cc1ccccc1. The molecule has 3 rings (SSSR count). The van der Waals surface area contributed by atoms with Crippen LogP contribution in [0.15, 0.2) is 64.2 Å². The number of hydrogen-bond acceptors (Lipinski definition) is 4. The van der Waals surface area contributed by atoms with E-state index in [9.17, 15) is 0 Å². The van der Waals surface area contributed by atoms with E-state index < -0.39 is 0 Å². The smallest absolute Gasteiger partial charge is 0.191 e. The summed E-state index contributed by atoms with van der Waals surface area (Å²) in [5.74, 6) is 2.62. The van der Waals surface area contributed by atoms with Crippen molar-refractivity contribution in [2.45, 2.75) is 18.6 Å². The molecule has 3 aromatic rings. The van der Waals surface area contributed by atoms with Gasteiger partial charge in [-0.05, 0) is 36.8 Å². The Morgan fingerprint density at radius 1 is 1.04 bits per heavy atom. The van der Waals surface area contributed by atoms with Gasteiger partial charge in [-0.2, -0.15) is 0 Å². The first-order chi connectivity index (χ1) is 11.7. The molecule has 0 spiro atoms. The van der Waals surface area contributed by atoms with E-state index in [0.29, 0.717) is 6.61 Å². The van der Waals surface area contributed by atoms with Gasteiger partial charge in [0.15, 0.2) is 5.16 Å². The van der Waals surface area contributed by atoms with E-state index in [0.717, 1.165) is 33.5 Å². The molecule has 1 heterocycles. The molecule has 0 saturated heterocycles. The zero-order chi connectivity index (χ0) is 16.8. The van der Waals surface area contributed by atoms with Crippen LogP contribution in [-0.4, -0.2) is 27.1 Å². The number of aromatic nitrogens is 3. The first-order valence-corrected chi connectivity index (χ1v) is 9.45. The molecule has 1 aromatic heterocycles. The average molecular weight is 404 g/mol. The highest BCUT2D eigenvalue weighted by Gasteiger charge is 2.09. The maximum Gasteiger partial charge on any atom is 0.191 e. The van der Waals surface area contributed by atoms with Gasteiger partial charge in [-0.15, -0.1) is 10.2 Å². The zero-order valence-corrected chi connectivity index (χ0v) is 15.8. The zero-order valence-electron chi connectivity index (χ0n) is 13.4. The molecular formula is C18H18BrN3OS. The van der Waals surface area contributed by atoms with Gasteiger partial charge in [0.05, 0.1) is 13.2 Å². The Bertz CT molecular complexity index is 775. The maximum atomic E-state index is 5.75. The molecule has 0 aliphatic rings. The van der Waals surface area contributed by atoms with Crippen molar-refractivity contribution < 1.29 is 4.74 Å². The highest BCUT2D eigenvalue weighted by atomic mass is 79.9. The van der Waals surface area contributed by atoms with Gasteiger partial charge in [-0.25, -0.2) is 0 Å². The van der Waals surface area contributed by atoms with Crippen LogP contribution in [0.5, 0.6) is 5.75 Å². The molecule has 0 N–H and O–H groups in total. The van der Waals surface area contributed by atoms with Crippen molar-refractivity contribution in [1.82, 2.24) is 14.8 Å². The van der Waals surface area contributed by atoms with Gasteiger partial charge in [-0.3, -0.25) is 0 Å². The lowest BCUT2D eigenvalue weighted by Gasteiger charge is -2.09. The van der Waals surface area contributed by atoms with Crippen molar-refractivity contribution in [2.75, 3.05) is 12.4 Å². The lowest BCUT2D eigenvalue weighted by Crippen LogP contribution is -2.06. The second-order valence-electron chi connectivity index (χ2n) is 5.25. The number of halogens is 1. The Morgan fingerprint density at radius 3 is 2.54 bits per heavy atom. The van der Waals surface area contributed by atoms with Gasteiger partial charge < -0.3 is 9.30 Å². The van der Waals surface area contributed by atoms with E-state index >= 15 is 0 Å². The van der Waals surface area contributed by atoms with Crippen molar-refractivity contribution >= 4 is 27.7 Å². The Morgan fingerprint density at radius 2 is 1.79 bits per heavy atom. The third kappa shape index (κ3) is 4.61. The minimum atomic E-state index is 0.629. The summed E-state index contributed by atoms with van der Waals surface area (Å²) in [6.07, 6.45) is 0. The molecule has 0 aliphatic carbocycles. The largest absolute Gasteiger partial charge is 0.493 e. The van der Waals surface area contributed by atoms with Crippen molar-refractivity contribution in [2.24, 2.45) is 0 Å². The first kappa shape index (κ1) is 17.0. The number of benzene rings is 2. The molecule has 0 aliphatic heterocycles. The average Bonchev–Trinajstić information content (AvgIpc) is 2.94. The lowest BCUT2D eigenvalue weighted by molar-refractivity contribution is 0.343. The first-order valence-electron chi connectivity index (χ1n) is 7.67. The molecule has 0 fully saturated rings. The predicted octanol–water partition coefficient (Wildman–Crippen LogP) is 4.57. The predicted molar refractivity (Wildman–Crippen MR) is 101 cm³/mol. The van der Waals surface area contributed by atoms with Crippen LogP contribution in [0.1, 0.15) is 11.4 Å². The molecule has 0 atom stereocenters. The molecule has 0 saturated carbocycles. The van der Waals surface area contributed by atoms with E-state index in [1.807, 2.05) is 49.4 Å². The van der Waals surface area contributed by atoms with Crippen LogP contribution in [0.4, 0.5) is 0 Å². The molecule has 6 heteroatoms. The fourth-order valence-corrected chi connectivity index (χ4v) is 3.30. The molecule has 0 radical (unpaired) electrons. The van der Waals surface area contributed by atoms with E-state index in [2.05, 4.69) is 42.8 Å². The summed E-state index contributed by atoms with van der Waals surface area (Å²) in [6.45, 7) is 3.40. The number of aryl methyl sites for hydroxylation is 1. The summed E-state index contributed by atoms with van der Waals surface area (Å²) in [5, 5.41) is 9.41. The van der Waals surface area contributed by atoms with Crippen LogP contribution in [-0.2, 0) is 6.54 Å². The Labute approximate surface area is 154 Å². The number of rotatable bonds is 7. The van der Waals surface area contributed by atoms with Crippen LogP contribution in [0.25, 0.3) is 0 Å². The van der Waals surface area contributed by atoms with Crippen LogP contribution in [0.3, 0.4) is 0 Å². The van der Waals surface area contributed by atoms with Crippen LogP contribution >= 0.6 is 27.7 Å². The second-order valence-corrected chi connectivity index (χ2v) is 7.23. The third-order valence-electron chi connectivity index (χ3n) is 3.48. The quantitative estimate of drug-likeness (QED) is 0.427. The summed E-state index contributed by atoms with van der Waals surface area (Å²) in [6, 6.07) is 18.2. The van der Waals surface area contributed by atoms with Gasteiger partial charge in [0, 0.05) is 10.2 Å². The van der Waals surface area contributed by atoms with Gasteiger partial charge in [0.1, 0.15) is 11.6 Å². The lowest BCUT2D eigenvalue weighted by atomic mass is 10.2. The minimum absolute atomic E-state index is 0.629. The number of ether oxygens (including phenoxy) is 1. The maximum absolute atomic E-state index is 5.75. The Hall–Kier alpha value is -1.79. The summed E-state index contributed by atoms with van der Waals surface area (Å²) in [7, 11) is 0. The van der Waals surface area contributed by atoms with E-state index in [4.69, 9.17) is 4.74 Å². The molecule has 124 valence electrons. The molecule has 0 unspecified atom stereocenters. The second kappa shape index (κ2) is 8.35. The van der Waals surface area contributed by atoms with Crippen LogP contribution < -0.4 is 4.74 Å². The highest BCUT2D eigenvalue weighted by molar-refractivity contribution is 9.10. The molecule has 24 heavy (non-hydrogen) atoms. The molecule has 4 nitrogen and oxygen atoms in total. The van der Waals surface area contributed by atoms with Gasteiger partial charge in [0.2, 0.25) is 0 Å². The van der Waals surface area contributed by atoms with E-state index in [1.165, 1.54) is 5.56 Å². The molecule has 0 bridgehead atoms. The van der Waals surface area contributed by atoms with Crippen molar-refractivity contribution in [3.05, 3.63) is 70.5 Å². The fourth-order valence-electron chi connectivity index (χ4n) is 2.24. The molecule has 2 aromatic carbocycles.